The molecule has 5 aromatic rings. The number of fused-ring (bicyclic) bond motifs is 12. The van der Waals surface area contributed by atoms with Gasteiger partial charge in [-0.1, -0.05) is 114 Å². The second-order valence-electron chi connectivity index (χ2n) is 15.4. The summed E-state index contributed by atoms with van der Waals surface area (Å²) in [6, 6.07) is 28.9. The first-order valence-corrected chi connectivity index (χ1v) is 17.2. The Bertz CT molecular complexity index is 2100. The maximum absolute atomic E-state index is 2.89. The van der Waals surface area contributed by atoms with Crippen LogP contribution in [0, 0.1) is 0 Å². The average Bonchev–Trinajstić information content (AvgIpc) is 3.58. The summed E-state index contributed by atoms with van der Waals surface area (Å²) in [4.78, 5) is 2.89. The van der Waals surface area contributed by atoms with E-state index < -0.39 is 0 Å². The van der Waals surface area contributed by atoms with Crippen LogP contribution >= 0.6 is 0 Å². The fourth-order valence-corrected chi connectivity index (χ4v) is 10.8. The smallest absolute Gasteiger partial charge is 0.332 e. The molecule has 3 aliphatic heterocycles. The van der Waals surface area contributed by atoms with Gasteiger partial charge in [0.2, 0.25) is 0 Å². The summed E-state index contributed by atoms with van der Waals surface area (Å²) in [6.07, 6.45) is 8.76. The molecule has 44 heavy (non-hydrogen) atoms. The molecule has 3 heteroatoms. The van der Waals surface area contributed by atoms with Crippen molar-refractivity contribution in [3.05, 3.63) is 95.2 Å². The molecule has 2 aliphatic carbocycles. The minimum atomic E-state index is -0.0814. The van der Waals surface area contributed by atoms with Crippen molar-refractivity contribution >= 4 is 40.1 Å². The summed E-state index contributed by atoms with van der Waals surface area (Å²) >= 11 is 0. The first-order valence-electron chi connectivity index (χ1n) is 17.2. The molecule has 2 nitrogen and oxygen atoms in total. The molecule has 10 rings (SSSR count). The second-order valence-corrected chi connectivity index (χ2v) is 15.4. The quantitative estimate of drug-likeness (QED) is 0.192. The molecule has 1 aromatic heterocycles. The summed E-state index contributed by atoms with van der Waals surface area (Å²) in [5.74, 6) is 0. The Morgan fingerprint density at radius 3 is 2.43 bits per heavy atom. The molecule has 0 amide bonds. The molecule has 2 unspecified atom stereocenters. The molecule has 1 saturated carbocycles. The van der Waals surface area contributed by atoms with Crippen molar-refractivity contribution in [3.8, 4) is 22.3 Å². The molecule has 0 saturated heterocycles. The minimum absolute atomic E-state index is 0.0756. The van der Waals surface area contributed by atoms with Crippen molar-refractivity contribution in [1.29, 1.82) is 0 Å². The van der Waals surface area contributed by atoms with Gasteiger partial charge in [0.1, 0.15) is 0 Å². The van der Waals surface area contributed by atoms with Crippen LogP contribution in [0.3, 0.4) is 0 Å². The number of rotatable bonds is 3. The lowest BCUT2D eigenvalue weighted by molar-refractivity contribution is 0.195. The lowest BCUT2D eigenvalue weighted by Gasteiger charge is -2.52. The van der Waals surface area contributed by atoms with Gasteiger partial charge < -0.3 is 9.38 Å². The highest BCUT2D eigenvalue weighted by atomic mass is 15.3. The highest BCUT2D eigenvalue weighted by molar-refractivity contribution is 6.89. The molecule has 4 heterocycles. The van der Waals surface area contributed by atoms with E-state index in [9.17, 15) is 0 Å². The third-order valence-electron chi connectivity index (χ3n) is 13.0. The van der Waals surface area contributed by atoms with Crippen LogP contribution in [0.5, 0.6) is 0 Å². The van der Waals surface area contributed by atoms with E-state index in [1.807, 2.05) is 0 Å². The molecule has 0 bridgehead atoms. The first-order chi connectivity index (χ1) is 21.3. The topological polar surface area (TPSA) is 8.17 Å². The zero-order valence-electron chi connectivity index (χ0n) is 26.8. The standard InChI is InChI=1S/C41H41BN2/c1-6-7-14-25-23-29-26-16-12-17-28-34-27-15-8-9-18-30(27)39(2,3)38(34)44(36(26)28)42-32-20-13-19-31-37(32)43(33(24-25)35(29)42)41(5)22-11-10-21-40(31,41)4/h8-9,12-13,15-20,23-24H,6-7,10-11,14,21-22H2,1-5H3. The minimum Gasteiger partial charge on any atom is -0.378 e. The van der Waals surface area contributed by atoms with Crippen LogP contribution in [0.2, 0.25) is 0 Å². The summed E-state index contributed by atoms with van der Waals surface area (Å²) in [7, 11) is 0. The zero-order chi connectivity index (χ0) is 29.7. The Kier molecular flexibility index (Phi) is 4.72. The van der Waals surface area contributed by atoms with E-state index in [0.29, 0.717) is 0 Å². The van der Waals surface area contributed by atoms with Gasteiger partial charge in [-0.3, -0.25) is 0 Å². The number of anilines is 2. The highest BCUT2D eigenvalue weighted by Gasteiger charge is 2.61. The van der Waals surface area contributed by atoms with Crippen molar-refractivity contribution in [3.63, 3.8) is 0 Å². The molecule has 0 N–H and O–H groups in total. The molecular weight excluding hydrogens is 531 g/mol. The third kappa shape index (κ3) is 2.67. The van der Waals surface area contributed by atoms with Crippen molar-refractivity contribution in [1.82, 2.24) is 4.48 Å². The number of unbranched alkanes of at least 4 members (excludes halogenated alkanes) is 1. The second kappa shape index (κ2) is 8.11. The number of aryl methyl sites for hydroxylation is 1. The van der Waals surface area contributed by atoms with Gasteiger partial charge in [-0.05, 0) is 77.4 Å². The van der Waals surface area contributed by atoms with Crippen molar-refractivity contribution in [2.75, 3.05) is 4.90 Å². The SMILES string of the molecule is CCCCc1cc2c3c(c1)N1c4c(cccc4C4(C)CCCCC14C)B3n1c3c(c4cccc-2c41)-c1ccccc1C3(C)C. The van der Waals surface area contributed by atoms with Crippen molar-refractivity contribution in [2.24, 2.45) is 0 Å². The van der Waals surface area contributed by atoms with Gasteiger partial charge in [-0.25, -0.2) is 0 Å². The number of nitrogens with zero attached hydrogens (tertiary/aromatic N) is 2. The fraction of sp³-hybridized carbons (Fsp3) is 0.366. The molecule has 4 aromatic carbocycles. The zero-order valence-corrected chi connectivity index (χ0v) is 26.8. The Balaban J connectivity index is 1.38. The van der Waals surface area contributed by atoms with Crippen LogP contribution in [0.25, 0.3) is 33.2 Å². The lowest BCUT2D eigenvalue weighted by Crippen LogP contribution is -2.62. The van der Waals surface area contributed by atoms with E-state index in [4.69, 9.17) is 0 Å². The van der Waals surface area contributed by atoms with Crippen LogP contribution in [-0.4, -0.2) is 16.9 Å². The van der Waals surface area contributed by atoms with Gasteiger partial charge in [0.15, 0.2) is 0 Å². The Labute approximate surface area is 262 Å². The van der Waals surface area contributed by atoms with Gasteiger partial charge >= 0.3 is 6.85 Å². The lowest BCUT2D eigenvalue weighted by atomic mass is 9.44. The van der Waals surface area contributed by atoms with Gasteiger partial charge in [0.25, 0.3) is 0 Å². The van der Waals surface area contributed by atoms with Crippen LogP contribution in [-0.2, 0) is 17.3 Å². The number of benzene rings is 4. The Hall–Kier alpha value is -3.72. The first kappa shape index (κ1) is 25.6. The van der Waals surface area contributed by atoms with Gasteiger partial charge in [0, 0.05) is 49.9 Å². The maximum atomic E-state index is 2.89. The predicted octanol–water partition coefficient (Wildman–Crippen LogP) is 8.98. The Morgan fingerprint density at radius 2 is 1.57 bits per heavy atom. The van der Waals surface area contributed by atoms with E-state index in [-0.39, 0.29) is 23.2 Å². The summed E-state index contributed by atoms with van der Waals surface area (Å²) in [5.41, 5.74) is 19.5. The summed E-state index contributed by atoms with van der Waals surface area (Å²) < 4.78 is 2.83. The molecule has 0 radical (unpaired) electrons. The maximum Gasteiger partial charge on any atom is 0.332 e. The van der Waals surface area contributed by atoms with Crippen molar-refractivity contribution in [2.45, 2.75) is 95.9 Å². The van der Waals surface area contributed by atoms with Crippen LogP contribution in [0.15, 0.2) is 72.8 Å². The van der Waals surface area contributed by atoms with Gasteiger partial charge in [-0.15, -0.1) is 0 Å². The molecule has 0 spiro atoms. The van der Waals surface area contributed by atoms with E-state index in [1.165, 1.54) is 111 Å². The highest BCUT2D eigenvalue weighted by Crippen LogP contribution is 2.62. The monoisotopic (exact) mass is 572 g/mol. The molecule has 2 atom stereocenters. The average molecular weight is 573 g/mol. The fourth-order valence-electron chi connectivity index (χ4n) is 10.8. The van der Waals surface area contributed by atoms with Crippen LogP contribution in [0.4, 0.5) is 11.4 Å². The summed E-state index contributed by atoms with van der Waals surface area (Å²) in [5, 5.41) is 1.42. The number of para-hydroxylation sites is 2. The Morgan fingerprint density at radius 1 is 0.795 bits per heavy atom. The normalized spacial score (nSPS) is 24.2. The summed E-state index contributed by atoms with van der Waals surface area (Å²) in [6.45, 7) is 12.6. The van der Waals surface area contributed by atoms with E-state index >= 15 is 0 Å². The predicted molar refractivity (Wildman–Crippen MR) is 187 cm³/mol. The molecular formula is C41H41BN2. The van der Waals surface area contributed by atoms with Gasteiger partial charge in [-0.2, -0.15) is 0 Å². The van der Waals surface area contributed by atoms with E-state index in [0.717, 1.165) is 6.42 Å². The van der Waals surface area contributed by atoms with Gasteiger partial charge in [0.05, 0.1) is 5.54 Å². The molecule has 218 valence electrons. The molecule has 1 fully saturated rings. The van der Waals surface area contributed by atoms with E-state index in [1.54, 1.807) is 5.56 Å². The van der Waals surface area contributed by atoms with E-state index in [2.05, 4.69) is 117 Å². The number of hydrogen-bond donors (Lipinski definition) is 0. The third-order valence-corrected chi connectivity index (χ3v) is 13.0. The van der Waals surface area contributed by atoms with Crippen LogP contribution in [0.1, 0.15) is 95.5 Å². The largest absolute Gasteiger partial charge is 0.378 e. The molecule has 5 aliphatic rings. The number of hydrogen-bond acceptors (Lipinski definition) is 1. The van der Waals surface area contributed by atoms with Crippen LogP contribution < -0.4 is 15.8 Å². The number of aromatic nitrogens is 1. The van der Waals surface area contributed by atoms with Crippen molar-refractivity contribution < 1.29 is 0 Å².